The van der Waals surface area contributed by atoms with E-state index < -0.39 is 57.4 Å². The SMILES string of the molecule is N#CC(C#N)=C1/C(=N/c2nc3c(s2)-c2cc4c(cc2C3(C(=O)OCc2ccccc2)C(=O)OCc2ccccc2)-c2sc(/N=C3\C(=O)c5ccccc5C3=C(C#N)C#N)nc2C4(C(=O)OCc2ccccc2)C(=O)OCc2ccccc2)C(=O)c2ccccc21. The number of hydrogen-bond acceptors (Lipinski definition) is 20. The number of thiazole rings is 2. The molecule has 0 atom stereocenters. The smallest absolute Gasteiger partial charge is 0.334 e. The lowest BCUT2D eigenvalue weighted by Crippen LogP contribution is -2.47. The highest BCUT2D eigenvalue weighted by atomic mass is 32.1. The van der Waals surface area contributed by atoms with Crippen LogP contribution < -0.4 is 0 Å². The Morgan fingerprint density at radius 3 is 0.967 bits per heavy atom. The van der Waals surface area contributed by atoms with Crippen molar-refractivity contribution in [2.24, 2.45) is 9.98 Å². The van der Waals surface area contributed by atoms with Crippen molar-refractivity contribution in [1.82, 2.24) is 9.97 Å². The monoisotopic (exact) mass is 1210 g/mol. The van der Waals surface area contributed by atoms with Crippen LogP contribution in [0, 0.1) is 45.3 Å². The van der Waals surface area contributed by atoms with Crippen LogP contribution in [0.3, 0.4) is 0 Å². The van der Waals surface area contributed by atoms with E-state index in [1.807, 2.05) is 24.3 Å². The van der Waals surface area contributed by atoms with Gasteiger partial charge in [0.05, 0.1) is 21.1 Å². The Bertz CT molecular complexity index is 4450. The van der Waals surface area contributed by atoms with Gasteiger partial charge in [0, 0.05) is 22.3 Å². The van der Waals surface area contributed by atoms with Gasteiger partial charge in [-0.15, -0.1) is 0 Å². The third kappa shape index (κ3) is 9.28. The molecule has 4 aliphatic rings. The Balaban J connectivity index is 1.08. The van der Waals surface area contributed by atoms with Gasteiger partial charge in [0.2, 0.25) is 32.7 Å². The molecule has 7 aromatic carbocycles. The Morgan fingerprint density at radius 1 is 0.400 bits per heavy atom. The predicted molar refractivity (Wildman–Crippen MR) is 327 cm³/mol. The first-order valence-corrected chi connectivity index (χ1v) is 29.2. The van der Waals surface area contributed by atoms with Crippen molar-refractivity contribution in [3.63, 3.8) is 0 Å². The van der Waals surface area contributed by atoms with Gasteiger partial charge >= 0.3 is 23.9 Å². The summed E-state index contributed by atoms with van der Waals surface area (Å²) < 4.78 is 24.8. The van der Waals surface area contributed by atoms with Crippen LogP contribution in [0.25, 0.3) is 32.0 Å². The summed E-state index contributed by atoms with van der Waals surface area (Å²) in [5.41, 5.74) is -4.64. The van der Waals surface area contributed by atoms with E-state index in [0.29, 0.717) is 22.3 Å². The molecule has 2 heterocycles. The van der Waals surface area contributed by atoms with Crippen LogP contribution in [0.15, 0.2) is 203 Å². The average molecular weight is 1220 g/mol. The fourth-order valence-corrected chi connectivity index (χ4v) is 13.5. The molecular weight excluding hydrogens is 1180 g/mol. The van der Waals surface area contributed by atoms with Gasteiger partial charge in [-0.25, -0.2) is 20.0 Å². The van der Waals surface area contributed by atoms with Crippen molar-refractivity contribution in [2.75, 3.05) is 0 Å². The second-order valence-electron chi connectivity index (χ2n) is 20.7. The first-order valence-electron chi connectivity index (χ1n) is 27.6. The van der Waals surface area contributed by atoms with Crippen molar-refractivity contribution in [3.05, 3.63) is 260 Å². The minimum Gasteiger partial charge on any atom is -0.459 e. The van der Waals surface area contributed by atoms with E-state index in [1.54, 1.807) is 158 Å². The zero-order valence-corrected chi connectivity index (χ0v) is 48.3. The number of carbonyl (C=O) groups is 6. The maximum absolute atomic E-state index is 15.9. The van der Waals surface area contributed by atoms with E-state index in [0.717, 1.165) is 22.7 Å². The molecule has 430 valence electrons. The maximum Gasteiger partial charge on any atom is 0.334 e. The summed E-state index contributed by atoms with van der Waals surface area (Å²) in [5.74, 6) is -5.99. The number of aliphatic imine (C=N–C) groups is 2. The Kier molecular flexibility index (Phi) is 14.7. The molecular formula is C70H38N8O10S2. The summed E-state index contributed by atoms with van der Waals surface area (Å²) in [7, 11) is 0. The average Bonchev–Trinajstić information content (AvgIpc) is 1.51. The number of fused-ring (bicyclic) bond motifs is 8. The van der Waals surface area contributed by atoms with Crippen molar-refractivity contribution >= 4 is 90.9 Å². The number of aromatic nitrogens is 2. The van der Waals surface area contributed by atoms with E-state index >= 15 is 19.2 Å². The molecule has 0 bridgehead atoms. The molecule has 90 heavy (non-hydrogen) atoms. The van der Waals surface area contributed by atoms with Crippen molar-refractivity contribution in [1.29, 1.82) is 21.0 Å². The molecule has 0 saturated carbocycles. The lowest BCUT2D eigenvalue weighted by Gasteiger charge is -2.28. The number of esters is 4. The molecule has 4 aliphatic carbocycles. The predicted octanol–water partition coefficient (Wildman–Crippen LogP) is 11.6. The first-order chi connectivity index (χ1) is 43.9. The van der Waals surface area contributed by atoms with E-state index in [9.17, 15) is 30.6 Å². The number of benzene rings is 7. The fraction of sp³-hybridized carbons (Fsp3) is 0.0857. The van der Waals surface area contributed by atoms with E-state index in [1.165, 1.54) is 24.3 Å². The lowest BCUT2D eigenvalue weighted by atomic mass is 9.76. The molecule has 0 unspecified atom stereocenters. The number of nitriles is 4. The van der Waals surface area contributed by atoms with Crippen LogP contribution >= 0.6 is 22.7 Å². The van der Waals surface area contributed by atoms with Crippen LogP contribution in [-0.4, -0.2) is 56.8 Å². The van der Waals surface area contributed by atoms with Crippen molar-refractivity contribution in [3.8, 4) is 45.2 Å². The summed E-state index contributed by atoms with van der Waals surface area (Å²) >= 11 is 1.62. The molecule has 0 fully saturated rings. The minimum atomic E-state index is -2.68. The molecule has 0 aliphatic heterocycles. The van der Waals surface area contributed by atoms with Gasteiger partial charge in [0.15, 0.2) is 0 Å². The second kappa shape index (κ2) is 23.2. The normalized spacial score (nSPS) is 14.8. The van der Waals surface area contributed by atoms with Crippen LogP contribution in [0.1, 0.15) is 76.6 Å². The minimum absolute atomic E-state index is 0.0453. The van der Waals surface area contributed by atoms with E-state index in [4.69, 9.17) is 38.9 Å². The third-order valence-electron chi connectivity index (χ3n) is 15.6. The number of Topliss-reactive ketones (excluding diaryl/α,β-unsaturated/α-hetero) is 2. The summed E-state index contributed by atoms with van der Waals surface area (Å²) in [5, 5.41) is 40.4. The molecule has 0 amide bonds. The zero-order chi connectivity index (χ0) is 62.3. The Labute approximate surface area is 519 Å². The van der Waals surface area contributed by atoms with Gasteiger partial charge in [-0.1, -0.05) is 193 Å². The van der Waals surface area contributed by atoms with Crippen molar-refractivity contribution < 1.29 is 47.7 Å². The summed E-state index contributed by atoms with van der Waals surface area (Å²) in [6.07, 6.45) is 0. The summed E-state index contributed by atoms with van der Waals surface area (Å²) in [6, 6.07) is 57.7. The number of allylic oxidation sites excluding steroid dienone is 4. The van der Waals surface area contributed by atoms with Gasteiger partial charge in [-0.3, -0.25) is 28.8 Å². The standard InChI is InChI=1S/C70H38N8O10S2/c71-31-43(32-72)53-45-25-13-15-27-47(45)57(79)55(53)75-67-77-61-59(89-67)49-30-52-50(29-51(49)69(61,63(81)85-35-39-17-5-1-6-18-39)64(82)86-36-40-19-7-2-8-20-40)60-62(78-68(90-60)76-56-54(44(33-73)34-74)46-26-14-16-28-48(46)58(56)80)70(52,65(83)87-37-41-21-9-3-10-22-41)66(84)88-38-42-23-11-4-12-24-42/h1-30H,35-38H2/b75-55-,76-56-. The van der Waals surface area contributed by atoms with Gasteiger partial charge in [0.1, 0.15) is 73.3 Å². The third-order valence-corrected chi connectivity index (χ3v) is 17.6. The highest BCUT2D eigenvalue weighted by molar-refractivity contribution is 7.19. The van der Waals surface area contributed by atoms with Crippen LogP contribution in [0.4, 0.5) is 10.3 Å². The molecule has 0 saturated heterocycles. The lowest BCUT2D eigenvalue weighted by molar-refractivity contribution is -0.166. The molecule has 18 nitrogen and oxygen atoms in total. The molecule has 0 radical (unpaired) electrons. The van der Waals surface area contributed by atoms with Crippen molar-refractivity contribution in [2.45, 2.75) is 37.3 Å². The molecule has 0 N–H and O–H groups in total. The summed E-state index contributed by atoms with van der Waals surface area (Å²) in [4.78, 5) is 112. The molecule has 20 heteroatoms. The molecule has 9 aromatic rings. The number of rotatable bonds is 14. The van der Waals surface area contributed by atoms with Crippen LogP contribution in [-0.2, 0) is 75.4 Å². The van der Waals surface area contributed by atoms with Crippen LogP contribution in [0.2, 0.25) is 0 Å². The highest BCUT2D eigenvalue weighted by Crippen LogP contribution is 2.61. The zero-order valence-electron chi connectivity index (χ0n) is 46.6. The Morgan fingerprint density at radius 2 is 0.678 bits per heavy atom. The van der Waals surface area contributed by atoms with Crippen LogP contribution in [0.5, 0.6) is 0 Å². The van der Waals surface area contributed by atoms with E-state index in [-0.39, 0.29) is 125 Å². The number of hydrogen-bond donors (Lipinski definition) is 0. The van der Waals surface area contributed by atoms with Gasteiger partial charge in [-0.05, 0) is 67.8 Å². The topological polar surface area (TPSA) is 285 Å². The highest BCUT2D eigenvalue weighted by Gasteiger charge is 2.65. The number of carbonyl (C=O) groups excluding carboxylic acids is 6. The van der Waals surface area contributed by atoms with Gasteiger partial charge in [-0.2, -0.15) is 21.0 Å². The number of nitrogens with zero attached hydrogens (tertiary/aromatic N) is 8. The number of ketones is 2. The first kappa shape index (κ1) is 56.9. The fourth-order valence-electron chi connectivity index (χ4n) is 11.5. The molecule has 0 spiro atoms. The van der Waals surface area contributed by atoms with Gasteiger partial charge < -0.3 is 18.9 Å². The quantitative estimate of drug-likeness (QED) is 0.0423. The Hall–Kier alpha value is -12.2. The molecule has 13 rings (SSSR count). The molecule has 2 aromatic heterocycles. The second-order valence-corrected chi connectivity index (χ2v) is 22.6. The largest absolute Gasteiger partial charge is 0.459 e. The number of ether oxygens (including phenoxy) is 4. The van der Waals surface area contributed by atoms with E-state index in [2.05, 4.69) is 0 Å². The van der Waals surface area contributed by atoms with Gasteiger partial charge in [0.25, 0.3) is 0 Å². The maximum atomic E-state index is 15.9. The summed E-state index contributed by atoms with van der Waals surface area (Å²) in [6.45, 7) is -1.45.